The number of nitrogens with zero attached hydrogens (tertiary/aromatic N) is 1. The van der Waals surface area contributed by atoms with Crippen molar-refractivity contribution in [2.24, 2.45) is 0 Å². The van der Waals surface area contributed by atoms with Gasteiger partial charge in [0.05, 0.1) is 4.92 Å². The van der Waals surface area contributed by atoms with E-state index in [2.05, 4.69) is 21.2 Å². The second kappa shape index (κ2) is 6.22. The number of halogens is 2. The van der Waals surface area contributed by atoms with E-state index in [-0.39, 0.29) is 17.5 Å². The highest BCUT2D eigenvalue weighted by atomic mass is 79.9. The maximum Gasteiger partial charge on any atom is 0.274 e. The fraction of sp³-hybridized carbons (Fsp3) is 0.200. The number of nitro benzene ring substituents is 1. The smallest absolute Gasteiger partial charge is 0.274 e. The molecule has 0 saturated carbocycles. The lowest BCUT2D eigenvalue weighted by atomic mass is 10.1. The Hall–Kier alpha value is -1.95. The summed E-state index contributed by atoms with van der Waals surface area (Å²) in [6.45, 7) is 3.61. The van der Waals surface area contributed by atoms with Crippen molar-refractivity contribution >= 4 is 27.3 Å². The second-order valence-electron chi connectivity index (χ2n) is 4.74. The van der Waals surface area contributed by atoms with Crippen molar-refractivity contribution in [2.45, 2.75) is 19.9 Å². The molecule has 2 aromatic rings. The Bertz CT molecular complexity index is 691. The number of hydrogen-bond donors (Lipinski definition) is 1. The van der Waals surface area contributed by atoms with Gasteiger partial charge in [0.1, 0.15) is 5.82 Å². The number of nitrogens with one attached hydrogen (secondary N) is 1. The molecule has 0 aliphatic heterocycles. The van der Waals surface area contributed by atoms with Crippen LogP contribution < -0.4 is 5.32 Å². The molecule has 1 atom stereocenters. The predicted octanol–water partition coefficient (Wildman–Crippen LogP) is 4.98. The first-order chi connectivity index (χ1) is 9.90. The summed E-state index contributed by atoms with van der Waals surface area (Å²) in [4.78, 5) is 10.5. The predicted molar refractivity (Wildman–Crippen MR) is 84.0 cm³/mol. The third-order valence-electron chi connectivity index (χ3n) is 3.30. The Morgan fingerprint density at radius 2 is 2.05 bits per heavy atom. The summed E-state index contributed by atoms with van der Waals surface area (Å²) in [5.41, 5.74) is 2.22. The van der Waals surface area contributed by atoms with E-state index in [1.54, 1.807) is 25.1 Å². The van der Waals surface area contributed by atoms with Gasteiger partial charge < -0.3 is 5.32 Å². The monoisotopic (exact) mass is 352 g/mol. The van der Waals surface area contributed by atoms with Crippen molar-refractivity contribution in [2.75, 3.05) is 5.32 Å². The minimum absolute atomic E-state index is 0.0744. The van der Waals surface area contributed by atoms with Crippen LogP contribution in [-0.2, 0) is 0 Å². The minimum atomic E-state index is -0.404. The van der Waals surface area contributed by atoms with Gasteiger partial charge in [0.15, 0.2) is 0 Å². The van der Waals surface area contributed by atoms with Crippen LogP contribution in [0.4, 0.5) is 15.8 Å². The standard InChI is InChI=1S/C15H14BrFN2O2/c1-9-14(4-3-5-15(9)19(20)21)18-10(2)12-7-6-11(17)8-13(12)16/h3-8,10,18H,1-2H3. The van der Waals surface area contributed by atoms with Crippen LogP contribution in [0, 0.1) is 22.9 Å². The van der Waals surface area contributed by atoms with E-state index in [0.29, 0.717) is 15.7 Å². The Morgan fingerprint density at radius 3 is 2.67 bits per heavy atom. The van der Waals surface area contributed by atoms with Gasteiger partial charge in [-0.3, -0.25) is 10.1 Å². The third kappa shape index (κ3) is 3.39. The Morgan fingerprint density at radius 1 is 1.33 bits per heavy atom. The molecule has 2 aromatic carbocycles. The Balaban J connectivity index is 2.29. The van der Waals surface area contributed by atoms with Gasteiger partial charge in [-0.2, -0.15) is 0 Å². The van der Waals surface area contributed by atoms with Crippen LogP contribution in [0.3, 0.4) is 0 Å². The van der Waals surface area contributed by atoms with Crippen LogP contribution in [0.2, 0.25) is 0 Å². The molecule has 0 heterocycles. The molecule has 0 saturated heterocycles. The van der Waals surface area contributed by atoms with Gasteiger partial charge in [-0.05, 0) is 37.6 Å². The molecule has 6 heteroatoms. The molecule has 0 spiro atoms. The largest absolute Gasteiger partial charge is 0.378 e. The molecule has 0 bridgehead atoms. The fourth-order valence-corrected chi connectivity index (χ4v) is 2.84. The molecule has 1 unspecified atom stereocenters. The van der Waals surface area contributed by atoms with Gasteiger partial charge in [0, 0.05) is 27.8 Å². The lowest BCUT2D eigenvalue weighted by molar-refractivity contribution is -0.385. The number of hydrogen-bond acceptors (Lipinski definition) is 3. The molecule has 0 amide bonds. The van der Waals surface area contributed by atoms with Gasteiger partial charge >= 0.3 is 0 Å². The summed E-state index contributed by atoms with van der Waals surface area (Å²) >= 11 is 3.33. The molecule has 4 nitrogen and oxygen atoms in total. The molecule has 0 radical (unpaired) electrons. The van der Waals surface area contributed by atoms with Gasteiger partial charge in [-0.15, -0.1) is 0 Å². The first kappa shape index (κ1) is 15.4. The topological polar surface area (TPSA) is 55.2 Å². The first-order valence-corrected chi connectivity index (χ1v) is 7.15. The fourth-order valence-electron chi connectivity index (χ4n) is 2.14. The third-order valence-corrected chi connectivity index (χ3v) is 3.99. The van der Waals surface area contributed by atoms with Gasteiger partial charge in [0.25, 0.3) is 5.69 Å². The summed E-state index contributed by atoms with van der Waals surface area (Å²) in [7, 11) is 0. The summed E-state index contributed by atoms with van der Waals surface area (Å²) < 4.78 is 13.8. The lowest BCUT2D eigenvalue weighted by Gasteiger charge is -2.18. The molecule has 21 heavy (non-hydrogen) atoms. The van der Waals surface area contributed by atoms with Crippen LogP contribution in [-0.4, -0.2) is 4.92 Å². The molecule has 1 N–H and O–H groups in total. The minimum Gasteiger partial charge on any atom is -0.378 e. The highest BCUT2D eigenvalue weighted by Gasteiger charge is 2.16. The van der Waals surface area contributed by atoms with Gasteiger partial charge in [0.2, 0.25) is 0 Å². The summed E-state index contributed by atoms with van der Waals surface area (Å²) in [5, 5.41) is 14.2. The lowest BCUT2D eigenvalue weighted by Crippen LogP contribution is -2.09. The molecule has 110 valence electrons. The van der Waals surface area contributed by atoms with E-state index in [9.17, 15) is 14.5 Å². The zero-order valence-corrected chi connectivity index (χ0v) is 13.1. The first-order valence-electron chi connectivity index (χ1n) is 6.35. The molecule has 0 fully saturated rings. The zero-order valence-electron chi connectivity index (χ0n) is 11.6. The maximum absolute atomic E-state index is 13.1. The summed E-state index contributed by atoms with van der Waals surface area (Å²) in [6, 6.07) is 9.24. The van der Waals surface area contributed by atoms with Gasteiger partial charge in [-0.1, -0.05) is 28.1 Å². The van der Waals surface area contributed by atoms with Crippen LogP contribution in [0.25, 0.3) is 0 Å². The molecular weight excluding hydrogens is 339 g/mol. The molecule has 2 rings (SSSR count). The normalized spacial score (nSPS) is 12.0. The van der Waals surface area contributed by atoms with Crippen molar-refractivity contribution in [3.8, 4) is 0 Å². The summed E-state index contributed by atoms with van der Waals surface area (Å²) in [6.07, 6.45) is 0. The van der Waals surface area contributed by atoms with Crippen molar-refractivity contribution in [3.05, 3.63) is 67.9 Å². The van der Waals surface area contributed by atoms with Crippen LogP contribution >= 0.6 is 15.9 Å². The summed E-state index contributed by atoms with van der Waals surface area (Å²) in [5.74, 6) is -0.315. The molecule has 0 aromatic heterocycles. The van der Waals surface area contributed by atoms with Crippen LogP contribution in [0.15, 0.2) is 40.9 Å². The van der Waals surface area contributed by atoms with Crippen molar-refractivity contribution < 1.29 is 9.31 Å². The van der Waals surface area contributed by atoms with E-state index in [0.717, 1.165) is 5.56 Å². The average molecular weight is 353 g/mol. The number of benzene rings is 2. The number of anilines is 1. The number of nitro groups is 1. The van der Waals surface area contributed by atoms with E-state index in [4.69, 9.17) is 0 Å². The van der Waals surface area contributed by atoms with Crippen LogP contribution in [0.5, 0.6) is 0 Å². The molecule has 0 aliphatic rings. The molecule has 0 aliphatic carbocycles. The van der Waals surface area contributed by atoms with Crippen LogP contribution in [0.1, 0.15) is 24.1 Å². The van der Waals surface area contributed by atoms with E-state index in [1.165, 1.54) is 18.2 Å². The quantitative estimate of drug-likeness (QED) is 0.623. The van der Waals surface area contributed by atoms with E-state index in [1.807, 2.05) is 6.92 Å². The molecular formula is C15H14BrFN2O2. The zero-order chi connectivity index (χ0) is 15.6. The Labute approximate surface area is 130 Å². The highest BCUT2D eigenvalue weighted by molar-refractivity contribution is 9.10. The van der Waals surface area contributed by atoms with E-state index >= 15 is 0 Å². The number of rotatable bonds is 4. The Kier molecular flexibility index (Phi) is 4.57. The van der Waals surface area contributed by atoms with Crippen molar-refractivity contribution in [3.63, 3.8) is 0 Å². The van der Waals surface area contributed by atoms with Crippen molar-refractivity contribution in [1.82, 2.24) is 0 Å². The van der Waals surface area contributed by atoms with Gasteiger partial charge in [-0.25, -0.2) is 4.39 Å². The maximum atomic E-state index is 13.1. The second-order valence-corrected chi connectivity index (χ2v) is 5.59. The van der Waals surface area contributed by atoms with E-state index < -0.39 is 4.92 Å². The SMILES string of the molecule is Cc1c(NC(C)c2ccc(F)cc2Br)cccc1[N+](=O)[O-]. The average Bonchev–Trinajstić information content (AvgIpc) is 2.40. The van der Waals surface area contributed by atoms with Crippen molar-refractivity contribution in [1.29, 1.82) is 0 Å². The highest BCUT2D eigenvalue weighted by Crippen LogP contribution is 2.31.